The summed E-state index contributed by atoms with van der Waals surface area (Å²) in [5, 5.41) is 15.3. The third-order valence-electron chi connectivity index (χ3n) is 6.03. The van der Waals surface area contributed by atoms with Crippen molar-refractivity contribution in [1.29, 1.82) is 0 Å². The zero-order valence-electron chi connectivity index (χ0n) is 23.2. The van der Waals surface area contributed by atoms with Crippen molar-refractivity contribution in [1.82, 2.24) is 25.3 Å². The normalized spacial score (nSPS) is 14.3. The molecule has 2 aromatic heterocycles. The lowest BCUT2D eigenvalue weighted by molar-refractivity contribution is -0.136. The summed E-state index contributed by atoms with van der Waals surface area (Å²) in [6.07, 6.45) is 10.1. The summed E-state index contributed by atoms with van der Waals surface area (Å²) in [5.41, 5.74) is 11.6. The van der Waals surface area contributed by atoms with Crippen LogP contribution in [-0.2, 0) is 36.9 Å². The molecule has 3 heterocycles. The van der Waals surface area contributed by atoms with Crippen LogP contribution in [0.5, 0.6) is 0 Å². The molecule has 3 aromatic rings. The lowest BCUT2D eigenvalue weighted by atomic mass is 9.95. The molecule has 1 atom stereocenters. The fraction of sp³-hybridized carbons (Fsp3) is 0.321. The number of halogens is 1. The van der Waals surface area contributed by atoms with Crippen molar-refractivity contribution >= 4 is 29.1 Å². The summed E-state index contributed by atoms with van der Waals surface area (Å²) in [6, 6.07) is 7.47. The number of hydrogen-bond acceptors (Lipinski definition) is 11. The van der Waals surface area contributed by atoms with Crippen LogP contribution in [0, 0.1) is 12.3 Å². The topological polar surface area (TPSA) is 171 Å². The van der Waals surface area contributed by atoms with Gasteiger partial charge >= 0.3 is 5.97 Å². The number of hydrogen-bond donors (Lipinski definition) is 1. The van der Waals surface area contributed by atoms with E-state index in [1.807, 2.05) is 0 Å². The van der Waals surface area contributed by atoms with E-state index in [4.69, 9.17) is 47.5 Å². The standard InChI is InChI=1S/C28H28ClN9O5/c1-3-11-41-13-14-42-12-10-38-16-21(35-37-38)17-43-18-24-25(28(39)40-2)26(22-5-4-20(34-36-30)15-23(22)29)33-27(32-24)19-6-8-31-9-7-19/h1,4-9,15-16,26H,10-14,17-18H2,2H3,(H,32,33). The molecule has 1 N–H and O–H groups in total. The summed E-state index contributed by atoms with van der Waals surface area (Å²) in [5.74, 6) is 2.26. The van der Waals surface area contributed by atoms with Gasteiger partial charge in [0, 0.05) is 39.1 Å². The van der Waals surface area contributed by atoms with Gasteiger partial charge in [-0.05, 0) is 23.7 Å². The lowest BCUT2D eigenvalue weighted by Crippen LogP contribution is -2.35. The number of azide groups is 1. The number of rotatable bonds is 15. The van der Waals surface area contributed by atoms with E-state index in [9.17, 15) is 4.79 Å². The predicted octanol–water partition coefficient (Wildman–Crippen LogP) is 3.67. The number of methoxy groups -OCH3 is 1. The van der Waals surface area contributed by atoms with Gasteiger partial charge in [-0.3, -0.25) is 9.98 Å². The van der Waals surface area contributed by atoms with Gasteiger partial charge < -0.3 is 24.3 Å². The number of aromatic nitrogens is 4. The summed E-state index contributed by atoms with van der Waals surface area (Å²) >= 11 is 6.58. The molecule has 15 heteroatoms. The Morgan fingerprint density at radius 1 is 1.19 bits per heavy atom. The van der Waals surface area contributed by atoms with E-state index in [1.54, 1.807) is 47.5 Å². The molecular weight excluding hydrogens is 578 g/mol. The minimum absolute atomic E-state index is 0.00685. The molecule has 43 heavy (non-hydrogen) atoms. The van der Waals surface area contributed by atoms with Crippen LogP contribution in [0.4, 0.5) is 5.69 Å². The summed E-state index contributed by atoms with van der Waals surface area (Å²) in [6.45, 7) is 2.12. The van der Waals surface area contributed by atoms with Gasteiger partial charge in [0.2, 0.25) is 0 Å². The van der Waals surface area contributed by atoms with Crippen molar-refractivity contribution < 1.29 is 23.7 Å². The van der Waals surface area contributed by atoms with Crippen molar-refractivity contribution in [2.75, 3.05) is 40.1 Å². The van der Waals surface area contributed by atoms with E-state index >= 15 is 0 Å². The van der Waals surface area contributed by atoms with Gasteiger partial charge in [-0.1, -0.05) is 40.0 Å². The van der Waals surface area contributed by atoms with E-state index < -0.39 is 12.0 Å². The highest BCUT2D eigenvalue weighted by Crippen LogP contribution is 2.37. The Kier molecular flexibility index (Phi) is 11.6. The number of aliphatic imine (C=N–C) groups is 1. The van der Waals surface area contributed by atoms with E-state index in [2.05, 4.69) is 36.6 Å². The molecule has 1 aliphatic heterocycles. The van der Waals surface area contributed by atoms with E-state index in [0.717, 1.165) is 5.56 Å². The molecule has 222 valence electrons. The second kappa shape index (κ2) is 16.0. The smallest absolute Gasteiger partial charge is 0.338 e. The monoisotopic (exact) mass is 605 g/mol. The van der Waals surface area contributed by atoms with Gasteiger partial charge in [0.05, 0.1) is 64.2 Å². The molecule has 4 rings (SSSR count). The third kappa shape index (κ3) is 8.62. The molecule has 14 nitrogen and oxygen atoms in total. The lowest BCUT2D eigenvalue weighted by Gasteiger charge is -2.28. The summed E-state index contributed by atoms with van der Waals surface area (Å²) in [7, 11) is 1.28. The fourth-order valence-electron chi connectivity index (χ4n) is 4.07. The molecule has 0 saturated heterocycles. The first-order chi connectivity index (χ1) is 21.0. The molecule has 0 bridgehead atoms. The Morgan fingerprint density at radius 2 is 2.00 bits per heavy atom. The van der Waals surface area contributed by atoms with Crippen LogP contribution in [0.3, 0.4) is 0 Å². The third-order valence-corrected chi connectivity index (χ3v) is 6.36. The van der Waals surface area contributed by atoms with Gasteiger partial charge in [-0.2, -0.15) is 0 Å². The molecule has 0 spiro atoms. The Balaban J connectivity index is 1.51. The first kappa shape index (κ1) is 31.2. The molecule has 0 aliphatic carbocycles. The number of nitrogens with one attached hydrogen (secondary N) is 1. The molecular formula is C28H28ClN9O5. The summed E-state index contributed by atoms with van der Waals surface area (Å²) in [4.78, 5) is 24.8. The number of ether oxygens (including phenoxy) is 4. The Bertz CT molecular complexity index is 1560. The minimum Gasteiger partial charge on any atom is -0.466 e. The van der Waals surface area contributed by atoms with Crippen molar-refractivity contribution in [2.24, 2.45) is 10.1 Å². The highest BCUT2D eigenvalue weighted by molar-refractivity contribution is 6.31. The number of terminal acetylenes is 1. The average Bonchev–Trinajstić information content (AvgIpc) is 3.48. The van der Waals surface area contributed by atoms with E-state index in [1.165, 1.54) is 13.2 Å². The molecule has 0 radical (unpaired) electrons. The molecule has 1 aromatic carbocycles. The number of nitrogens with zero attached hydrogens (tertiary/aromatic N) is 8. The number of benzene rings is 1. The second-order valence-corrected chi connectivity index (χ2v) is 9.26. The van der Waals surface area contributed by atoms with Gasteiger partial charge in [0.25, 0.3) is 0 Å². The van der Waals surface area contributed by atoms with Crippen molar-refractivity contribution in [2.45, 2.75) is 19.2 Å². The van der Waals surface area contributed by atoms with Crippen molar-refractivity contribution in [3.63, 3.8) is 0 Å². The molecule has 0 saturated carbocycles. The predicted molar refractivity (Wildman–Crippen MR) is 156 cm³/mol. The zero-order valence-corrected chi connectivity index (χ0v) is 24.0. The van der Waals surface area contributed by atoms with E-state index in [-0.39, 0.29) is 30.4 Å². The van der Waals surface area contributed by atoms with E-state index in [0.29, 0.717) is 54.8 Å². The molecule has 0 amide bonds. The van der Waals surface area contributed by atoms with Crippen molar-refractivity contribution in [3.8, 4) is 12.3 Å². The molecule has 1 unspecified atom stereocenters. The zero-order chi connectivity index (χ0) is 30.4. The van der Waals surface area contributed by atoms with Gasteiger partial charge in [0.1, 0.15) is 24.2 Å². The second-order valence-electron chi connectivity index (χ2n) is 8.86. The fourth-order valence-corrected chi connectivity index (χ4v) is 4.35. The first-order valence-corrected chi connectivity index (χ1v) is 13.4. The maximum absolute atomic E-state index is 13.1. The molecule has 0 fully saturated rings. The van der Waals surface area contributed by atoms with Crippen LogP contribution in [-0.4, -0.2) is 71.9 Å². The Labute approximate surface area is 252 Å². The number of carbonyl (C=O) groups is 1. The highest BCUT2D eigenvalue weighted by Gasteiger charge is 2.33. The number of pyridine rings is 1. The first-order valence-electron chi connectivity index (χ1n) is 13.0. The number of esters is 1. The number of amidine groups is 1. The minimum atomic E-state index is -0.846. The maximum atomic E-state index is 13.1. The van der Waals surface area contributed by atoms with Gasteiger partial charge in [-0.25, -0.2) is 9.48 Å². The SMILES string of the molecule is C#CCOCCOCCn1cc(COCC2=C(C(=O)OC)C(c3ccc(N=[N+]=[N-])cc3Cl)N=C(c3ccncc3)N2)nn1. The van der Waals surface area contributed by atoms with Crippen LogP contribution in [0.1, 0.15) is 22.9 Å². The Hall–Kier alpha value is -4.77. The summed E-state index contributed by atoms with van der Waals surface area (Å²) < 4.78 is 23.4. The van der Waals surface area contributed by atoms with Crippen LogP contribution in [0.25, 0.3) is 10.4 Å². The van der Waals surface area contributed by atoms with Crippen LogP contribution in [0.15, 0.2) is 70.3 Å². The average molecular weight is 606 g/mol. The van der Waals surface area contributed by atoms with Crippen LogP contribution >= 0.6 is 11.6 Å². The maximum Gasteiger partial charge on any atom is 0.338 e. The largest absolute Gasteiger partial charge is 0.466 e. The van der Waals surface area contributed by atoms with Crippen LogP contribution < -0.4 is 5.32 Å². The quantitative estimate of drug-likeness (QED) is 0.0677. The Morgan fingerprint density at radius 3 is 2.74 bits per heavy atom. The van der Waals surface area contributed by atoms with Gasteiger partial charge in [-0.15, -0.1) is 11.5 Å². The highest BCUT2D eigenvalue weighted by atomic mass is 35.5. The van der Waals surface area contributed by atoms with Crippen molar-refractivity contribution in [3.05, 3.63) is 92.5 Å². The molecule has 1 aliphatic rings. The van der Waals surface area contributed by atoms with Gasteiger partial charge in [0.15, 0.2) is 0 Å². The van der Waals surface area contributed by atoms with Crippen LogP contribution in [0.2, 0.25) is 5.02 Å². The number of carbonyl (C=O) groups excluding carboxylic acids is 1.